The lowest BCUT2D eigenvalue weighted by Gasteiger charge is -2.25. The lowest BCUT2D eigenvalue weighted by atomic mass is 10.3. The van der Waals surface area contributed by atoms with E-state index in [1.54, 1.807) is 0 Å². The molecule has 0 atom stereocenters. The zero-order chi connectivity index (χ0) is 8.43. The third-order valence-corrected chi connectivity index (χ3v) is 1.89. The standard InChI is InChI=1S/C9H16N2/c1-5-9-10(4)6-7-11(9)8(2)3/h5-8H,1-4H3/b9-5-. The van der Waals surface area contributed by atoms with E-state index in [1.807, 2.05) is 0 Å². The van der Waals surface area contributed by atoms with Gasteiger partial charge in [0, 0.05) is 25.5 Å². The number of nitrogens with zero attached hydrogens (tertiary/aromatic N) is 2. The molecule has 0 amide bonds. The highest BCUT2D eigenvalue weighted by atomic mass is 15.4. The molecule has 62 valence electrons. The van der Waals surface area contributed by atoms with Crippen molar-refractivity contribution in [3.05, 3.63) is 24.3 Å². The van der Waals surface area contributed by atoms with E-state index in [-0.39, 0.29) is 0 Å². The summed E-state index contributed by atoms with van der Waals surface area (Å²) >= 11 is 0. The third-order valence-electron chi connectivity index (χ3n) is 1.89. The Morgan fingerprint density at radius 3 is 2.36 bits per heavy atom. The highest BCUT2D eigenvalue weighted by molar-refractivity contribution is 5.13. The fourth-order valence-corrected chi connectivity index (χ4v) is 1.30. The molecule has 0 saturated carbocycles. The quantitative estimate of drug-likeness (QED) is 0.567. The second-order valence-corrected chi connectivity index (χ2v) is 3.06. The Balaban J connectivity index is 2.77. The lowest BCUT2D eigenvalue weighted by Crippen LogP contribution is -2.26. The van der Waals surface area contributed by atoms with Gasteiger partial charge in [0.05, 0.1) is 0 Å². The number of hydrogen-bond acceptors (Lipinski definition) is 2. The van der Waals surface area contributed by atoms with Crippen LogP contribution < -0.4 is 0 Å². The van der Waals surface area contributed by atoms with Crippen LogP contribution in [0.25, 0.3) is 0 Å². The van der Waals surface area contributed by atoms with E-state index >= 15 is 0 Å². The topological polar surface area (TPSA) is 6.48 Å². The number of hydrogen-bond donors (Lipinski definition) is 0. The van der Waals surface area contributed by atoms with E-state index in [0.717, 1.165) is 0 Å². The molecule has 0 spiro atoms. The Morgan fingerprint density at radius 2 is 2.00 bits per heavy atom. The summed E-state index contributed by atoms with van der Waals surface area (Å²) in [5.74, 6) is 1.26. The molecule has 2 heteroatoms. The van der Waals surface area contributed by atoms with Crippen molar-refractivity contribution >= 4 is 0 Å². The Labute approximate surface area is 68.8 Å². The highest BCUT2D eigenvalue weighted by Crippen LogP contribution is 2.19. The van der Waals surface area contributed by atoms with Crippen LogP contribution in [0, 0.1) is 0 Å². The summed E-state index contributed by atoms with van der Waals surface area (Å²) in [5.41, 5.74) is 0. The molecule has 1 rings (SSSR count). The zero-order valence-electron chi connectivity index (χ0n) is 7.70. The number of rotatable bonds is 1. The van der Waals surface area contributed by atoms with Gasteiger partial charge in [-0.25, -0.2) is 0 Å². The predicted octanol–water partition coefficient (Wildman–Crippen LogP) is 1.97. The molecule has 0 fully saturated rings. The average Bonchev–Trinajstić information content (AvgIpc) is 2.30. The first-order valence-electron chi connectivity index (χ1n) is 4.02. The van der Waals surface area contributed by atoms with Gasteiger partial charge in [-0.3, -0.25) is 0 Å². The molecular weight excluding hydrogens is 136 g/mol. The maximum absolute atomic E-state index is 2.25. The fraction of sp³-hybridized carbons (Fsp3) is 0.556. The predicted molar refractivity (Wildman–Crippen MR) is 47.6 cm³/mol. The molecular formula is C9H16N2. The van der Waals surface area contributed by atoms with E-state index in [2.05, 4.69) is 56.1 Å². The SMILES string of the molecule is C/C=C1/N(C)C=CN1C(C)C. The monoisotopic (exact) mass is 152 g/mol. The molecule has 0 aromatic carbocycles. The van der Waals surface area contributed by atoms with Crippen molar-refractivity contribution < 1.29 is 0 Å². The van der Waals surface area contributed by atoms with Gasteiger partial charge in [-0.1, -0.05) is 0 Å². The number of allylic oxidation sites excluding steroid dienone is 1. The van der Waals surface area contributed by atoms with Gasteiger partial charge in [-0.2, -0.15) is 0 Å². The molecule has 0 aromatic heterocycles. The van der Waals surface area contributed by atoms with Crippen molar-refractivity contribution in [3.8, 4) is 0 Å². The van der Waals surface area contributed by atoms with Gasteiger partial charge in [0.1, 0.15) is 5.82 Å². The molecule has 0 bridgehead atoms. The minimum atomic E-state index is 0.544. The van der Waals surface area contributed by atoms with E-state index in [0.29, 0.717) is 6.04 Å². The van der Waals surface area contributed by atoms with Crippen LogP contribution in [0.3, 0.4) is 0 Å². The van der Waals surface area contributed by atoms with Crippen LogP contribution in [-0.4, -0.2) is 22.9 Å². The summed E-state index contributed by atoms with van der Waals surface area (Å²) in [6.45, 7) is 6.44. The molecule has 0 aliphatic carbocycles. The minimum Gasteiger partial charge on any atom is -0.336 e. The molecule has 1 heterocycles. The van der Waals surface area contributed by atoms with Gasteiger partial charge < -0.3 is 9.80 Å². The van der Waals surface area contributed by atoms with Gasteiger partial charge in [-0.05, 0) is 26.8 Å². The summed E-state index contributed by atoms with van der Waals surface area (Å²) in [6.07, 6.45) is 6.31. The van der Waals surface area contributed by atoms with Gasteiger partial charge in [0.2, 0.25) is 0 Å². The zero-order valence-corrected chi connectivity index (χ0v) is 7.70. The van der Waals surface area contributed by atoms with E-state index in [4.69, 9.17) is 0 Å². The second-order valence-electron chi connectivity index (χ2n) is 3.06. The van der Waals surface area contributed by atoms with Crippen LogP contribution in [0.15, 0.2) is 24.3 Å². The fourth-order valence-electron chi connectivity index (χ4n) is 1.30. The molecule has 1 aliphatic heterocycles. The van der Waals surface area contributed by atoms with Gasteiger partial charge in [-0.15, -0.1) is 0 Å². The second kappa shape index (κ2) is 2.99. The maximum Gasteiger partial charge on any atom is 0.108 e. The Kier molecular flexibility index (Phi) is 2.22. The highest BCUT2D eigenvalue weighted by Gasteiger charge is 2.17. The summed E-state index contributed by atoms with van der Waals surface area (Å²) in [6, 6.07) is 0.544. The molecule has 0 radical (unpaired) electrons. The van der Waals surface area contributed by atoms with Crippen molar-refractivity contribution in [3.63, 3.8) is 0 Å². The van der Waals surface area contributed by atoms with Crippen molar-refractivity contribution in [1.29, 1.82) is 0 Å². The first-order chi connectivity index (χ1) is 5.16. The first-order valence-corrected chi connectivity index (χ1v) is 4.02. The van der Waals surface area contributed by atoms with Crippen molar-refractivity contribution in [2.45, 2.75) is 26.8 Å². The summed E-state index contributed by atoms with van der Waals surface area (Å²) in [5, 5.41) is 0. The molecule has 2 nitrogen and oxygen atoms in total. The molecule has 0 N–H and O–H groups in total. The average molecular weight is 152 g/mol. The molecule has 1 aliphatic rings. The maximum atomic E-state index is 2.25. The van der Waals surface area contributed by atoms with Crippen LogP contribution >= 0.6 is 0 Å². The van der Waals surface area contributed by atoms with E-state index < -0.39 is 0 Å². The van der Waals surface area contributed by atoms with Gasteiger partial charge in [0.15, 0.2) is 0 Å². The van der Waals surface area contributed by atoms with E-state index in [1.165, 1.54) is 5.82 Å². The summed E-state index contributed by atoms with van der Waals surface area (Å²) in [4.78, 5) is 4.38. The van der Waals surface area contributed by atoms with Gasteiger partial charge in [0.25, 0.3) is 0 Å². The molecule has 0 saturated heterocycles. The first kappa shape index (κ1) is 8.18. The third kappa shape index (κ3) is 1.39. The molecule has 0 aromatic rings. The summed E-state index contributed by atoms with van der Waals surface area (Å²) < 4.78 is 0. The normalized spacial score (nSPS) is 21.0. The summed E-state index contributed by atoms with van der Waals surface area (Å²) in [7, 11) is 2.06. The Hall–Kier alpha value is -0.920. The minimum absolute atomic E-state index is 0.544. The van der Waals surface area contributed by atoms with Crippen LogP contribution in [0.1, 0.15) is 20.8 Å². The molecule has 11 heavy (non-hydrogen) atoms. The largest absolute Gasteiger partial charge is 0.336 e. The smallest absolute Gasteiger partial charge is 0.108 e. The van der Waals surface area contributed by atoms with Crippen molar-refractivity contribution in [2.75, 3.05) is 7.05 Å². The van der Waals surface area contributed by atoms with Crippen LogP contribution in [0.2, 0.25) is 0 Å². The Morgan fingerprint density at radius 1 is 1.36 bits per heavy atom. The van der Waals surface area contributed by atoms with E-state index in [9.17, 15) is 0 Å². The van der Waals surface area contributed by atoms with Crippen LogP contribution in [-0.2, 0) is 0 Å². The Bertz CT molecular complexity index is 192. The van der Waals surface area contributed by atoms with Crippen molar-refractivity contribution in [1.82, 2.24) is 9.80 Å². The van der Waals surface area contributed by atoms with Crippen LogP contribution in [0.4, 0.5) is 0 Å². The lowest BCUT2D eigenvalue weighted by molar-refractivity contribution is 0.336. The van der Waals surface area contributed by atoms with Gasteiger partial charge >= 0.3 is 0 Å². The van der Waals surface area contributed by atoms with Crippen LogP contribution in [0.5, 0.6) is 0 Å². The molecule has 0 unspecified atom stereocenters. The van der Waals surface area contributed by atoms with Crippen molar-refractivity contribution in [2.24, 2.45) is 0 Å².